The molecule has 0 fully saturated rings. The van der Waals surface area contributed by atoms with Crippen LogP contribution in [0.15, 0.2) is 41.5 Å². The van der Waals surface area contributed by atoms with Gasteiger partial charge in [-0.1, -0.05) is 12.1 Å². The monoisotopic (exact) mass is 442 g/mol. The molecular formula is C23H26N2O7. The molecule has 1 aliphatic rings. The highest BCUT2D eigenvalue weighted by Gasteiger charge is 2.36. The van der Waals surface area contributed by atoms with Crippen molar-refractivity contribution in [3.05, 3.63) is 47.5 Å². The van der Waals surface area contributed by atoms with E-state index in [0.717, 1.165) is 0 Å². The summed E-state index contributed by atoms with van der Waals surface area (Å²) >= 11 is 0. The molecule has 1 amide bonds. The Kier molecular flexibility index (Phi) is 7.19. The third-order valence-corrected chi connectivity index (χ3v) is 5.23. The molecule has 1 N–H and O–H groups in total. The molecule has 0 saturated heterocycles. The maximum atomic E-state index is 13.0. The second-order valence-corrected chi connectivity index (χ2v) is 7.05. The molecule has 1 unspecified atom stereocenters. The van der Waals surface area contributed by atoms with E-state index in [4.69, 9.17) is 24.1 Å². The Labute approximate surface area is 186 Å². The number of carbonyl (C=O) groups excluding carboxylic acids is 1. The van der Waals surface area contributed by atoms with Crippen molar-refractivity contribution in [3.8, 4) is 23.0 Å². The van der Waals surface area contributed by atoms with Crippen LogP contribution in [0.3, 0.4) is 0 Å². The van der Waals surface area contributed by atoms with Crippen LogP contribution in [0.25, 0.3) is 0 Å². The van der Waals surface area contributed by atoms with Gasteiger partial charge in [-0.15, -0.1) is 0 Å². The lowest BCUT2D eigenvalue weighted by molar-refractivity contribution is -0.141. The maximum Gasteiger partial charge on any atom is 0.303 e. The molecule has 1 heterocycles. The zero-order chi connectivity index (χ0) is 23.3. The van der Waals surface area contributed by atoms with E-state index in [0.29, 0.717) is 46.3 Å². The number of hydrogen-bond acceptors (Lipinski definition) is 7. The molecule has 0 aromatic heterocycles. The highest BCUT2D eigenvalue weighted by molar-refractivity contribution is 6.05. The Bertz CT molecular complexity index is 1040. The SMILES string of the molecule is COc1ccc(C2=NN(C(=O)CCC(=O)O)C(c3cccc(OC)c3OC)C2)c(OC)c1. The third kappa shape index (κ3) is 4.61. The first kappa shape index (κ1) is 22.9. The summed E-state index contributed by atoms with van der Waals surface area (Å²) in [5.41, 5.74) is 2.05. The van der Waals surface area contributed by atoms with E-state index in [2.05, 4.69) is 5.10 Å². The number of benzene rings is 2. The molecule has 0 spiro atoms. The molecule has 32 heavy (non-hydrogen) atoms. The minimum atomic E-state index is -1.05. The fraction of sp³-hybridized carbons (Fsp3) is 0.348. The number of carboxylic acids is 1. The Morgan fingerprint density at radius 3 is 2.38 bits per heavy atom. The van der Waals surface area contributed by atoms with Crippen LogP contribution < -0.4 is 18.9 Å². The summed E-state index contributed by atoms with van der Waals surface area (Å²) in [4.78, 5) is 24.0. The third-order valence-electron chi connectivity index (χ3n) is 5.23. The van der Waals surface area contributed by atoms with Crippen molar-refractivity contribution < 1.29 is 33.6 Å². The highest BCUT2D eigenvalue weighted by atomic mass is 16.5. The summed E-state index contributed by atoms with van der Waals surface area (Å²) in [6, 6.07) is 10.3. The van der Waals surface area contributed by atoms with Gasteiger partial charge in [0.1, 0.15) is 11.5 Å². The minimum absolute atomic E-state index is 0.172. The fourth-order valence-corrected chi connectivity index (χ4v) is 3.69. The van der Waals surface area contributed by atoms with Crippen LogP contribution in [0, 0.1) is 0 Å². The number of aliphatic carboxylic acids is 1. The van der Waals surface area contributed by atoms with E-state index >= 15 is 0 Å². The first-order valence-electron chi connectivity index (χ1n) is 9.98. The van der Waals surface area contributed by atoms with Crippen molar-refractivity contribution >= 4 is 17.6 Å². The number of nitrogens with zero attached hydrogens (tertiary/aromatic N) is 2. The maximum absolute atomic E-state index is 13.0. The number of para-hydroxylation sites is 1. The van der Waals surface area contributed by atoms with Crippen LogP contribution in [0.2, 0.25) is 0 Å². The molecule has 1 aliphatic heterocycles. The van der Waals surface area contributed by atoms with Gasteiger partial charge in [0.05, 0.1) is 46.6 Å². The predicted molar refractivity (Wildman–Crippen MR) is 117 cm³/mol. The van der Waals surface area contributed by atoms with Crippen LogP contribution in [-0.4, -0.2) is 56.1 Å². The summed E-state index contributed by atoms with van der Waals surface area (Å²) in [6.45, 7) is 0. The molecule has 3 rings (SSSR count). The van der Waals surface area contributed by atoms with Gasteiger partial charge in [0.2, 0.25) is 5.91 Å². The van der Waals surface area contributed by atoms with Gasteiger partial charge in [-0.25, -0.2) is 5.01 Å². The predicted octanol–water partition coefficient (Wildman–Crippen LogP) is 3.26. The highest BCUT2D eigenvalue weighted by Crippen LogP contribution is 2.43. The number of carbonyl (C=O) groups is 2. The van der Waals surface area contributed by atoms with E-state index < -0.39 is 17.9 Å². The lowest BCUT2D eigenvalue weighted by atomic mass is 9.96. The average molecular weight is 442 g/mol. The number of amides is 1. The molecule has 0 bridgehead atoms. The number of ether oxygens (including phenoxy) is 4. The average Bonchev–Trinajstić information content (AvgIpc) is 3.26. The van der Waals surface area contributed by atoms with Crippen molar-refractivity contribution in [2.75, 3.05) is 28.4 Å². The number of rotatable bonds is 9. The van der Waals surface area contributed by atoms with Crippen molar-refractivity contribution in [1.82, 2.24) is 5.01 Å². The first-order valence-corrected chi connectivity index (χ1v) is 9.98. The summed E-state index contributed by atoms with van der Waals surface area (Å²) in [6.07, 6.45) is -0.0757. The molecule has 170 valence electrons. The van der Waals surface area contributed by atoms with Crippen molar-refractivity contribution in [2.24, 2.45) is 5.10 Å². The molecular weight excluding hydrogens is 416 g/mol. The zero-order valence-corrected chi connectivity index (χ0v) is 18.5. The number of hydrogen-bond donors (Lipinski definition) is 1. The van der Waals surface area contributed by atoms with Crippen LogP contribution in [-0.2, 0) is 9.59 Å². The zero-order valence-electron chi connectivity index (χ0n) is 18.5. The van der Waals surface area contributed by atoms with Gasteiger partial charge in [0, 0.05) is 30.0 Å². The molecule has 2 aromatic rings. The normalized spacial score (nSPS) is 15.2. The van der Waals surface area contributed by atoms with E-state index in [1.165, 1.54) is 19.2 Å². The van der Waals surface area contributed by atoms with E-state index in [1.54, 1.807) is 32.4 Å². The van der Waals surface area contributed by atoms with E-state index in [1.807, 2.05) is 18.2 Å². The Balaban J connectivity index is 2.05. The van der Waals surface area contributed by atoms with Crippen LogP contribution in [0.4, 0.5) is 0 Å². The summed E-state index contributed by atoms with van der Waals surface area (Å²) in [5, 5.41) is 14.9. The van der Waals surface area contributed by atoms with Crippen LogP contribution in [0.5, 0.6) is 23.0 Å². The molecule has 9 nitrogen and oxygen atoms in total. The Morgan fingerprint density at radius 1 is 1.00 bits per heavy atom. The number of carboxylic acid groups (broad SMARTS) is 1. The summed E-state index contributed by atoms with van der Waals surface area (Å²) < 4.78 is 21.8. The lowest BCUT2D eigenvalue weighted by Crippen LogP contribution is -2.27. The van der Waals surface area contributed by atoms with Crippen molar-refractivity contribution in [1.29, 1.82) is 0 Å². The van der Waals surface area contributed by atoms with Gasteiger partial charge in [-0.3, -0.25) is 9.59 Å². The van der Waals surface area contributed by atoms with E-state index in [-0.39, 0.29) is 12.8 Å². The van der Waals surface area contributed by atoms with E-state index in [9.17, 15) is 9.59 Å². The Morgan fingerprint density at radius 2 is 1.75 bits per heavy atom. The molecule has 9 heteroatoms. The van der Waals surface area contributed by atoms with Crippen molar-refractivity contribution in [3.63, 3.8) is 0 Å². The number of methoxy groups -OCH3 is 4. The fourth-order valence-electron chi connectivity index (χ4n) is 3.69. The molecule has 0 radical (unpaired) electrons. The van der Waals surface area contributed by atoms with Gasteiger partial charge < -0.3 is 24.1 Å². The second-order valence-electron chi connectivity index (χ2n) is 7.05. The van der Waals surface area contributed by atoms with Gasteiger partial charge >= 0.3 is 5.97 Å². The molecule has 2 aromatic carbocycles. The van der Waals surface area contributed by atoms with Crippen LogP contribution >= 0.6 is 0 Å². The molecule has 0 aliphatic carbocycles. The second kappa shape index (κ2) is 10.0. The first-order chi connectivity index (χ1) is 15.4. The molecule has 1 atom stereocenters. The number of hydrazone groups is 1. The Hall–Kier alpha value is -3.75. The standard InChI is InChI=1S/C23H26N2O7/c1-29-14-8-9-15(20(12-14)31-3)17-13-18(25(24-17)21(26)10-11-22(27)28)16-6-5-7-19(30-2)23(16)32-4/h5-9,12,18H,10-11,13H2,1-4H3,(H,27,28). The van der Waals surface area contributed by atoms with Gasteiger partial charge in [0.15, 0.2) is 11.5 Å². The lowest BCUT2D eigenvalue weighted by Gasteiger charge is -2.24. The van der Waals surface area contributed by atoms with Crippen molar-refractivity contribution in [2.45, 2.75) is 25.3 Å². The minimum Gasteiger partial charge on any atom is -0.497 e. The summed E-state index contributed by atoms with van der Waals surface area (Å²) in [7, 11) is 6.18. The summed E-state index contributed by atoms with van der Waals surface area (Å²) in [5.74, 6) is 0.760. The smallest absolute Gasteiger partial charge is 0.303 e. The quantitative estimate of drug-likeness (QED) is 0.635. The van der Waals surface area contributed by atoms with Gasteiger partial charge in [0.25, 0.3) is 0 Å². The van der Waals surface area contributed by atoms with Crippen LogP contribution in [0.1, 0.15) is 36.4 Å². The largest absolute Gasteiger partial charge is 0.497 e. The molecule has 0 saturated carbocycles. The topological polar surface area (TPSA) is 107 Å². The van der Waals surface area contributed by atoms with Gasteiger partial charge in [-0.05, 0) is 18.2 Å². The van der Waals surface area contributed by atoms with Gasteiger partial charge in [-0.2, -0.15) is 5.10 Å².